The Labute approximate surface area is 155 Å². The van der Waals surface area contributed by atoms with E-state index in [0.717, 1.165) is 6.08 Å². The number of carbonyl (C=O) groups is 2. The molecule has 5 heteroatoms. The van der Waals surface area contributed by atoms with Gasteiger partial charge in [-0.3, -0.25) is 0 Å². The SMILES string of the molecule is O=C(/C=C/c1cccc(O)c1)OC(=O)c1ccccc1.[Ca+2].[H-].[H-]. The summed E-state index contributed by atoms with van der Waals surface area (Å²) in [5.74, 6) is -1.36. The van der Waals surface area contributed by atoms with Crippen LogP contribution in [-0.4, -0.2) is 54.8 Å². The van der Waals surface area contributed by atoms with Crippen LogP contribution in [0.5, 0.6) is 5.75 Å². The molecule has 0 unspecified atom stereocenters. The van der Waals surface area contributed by atoms with E-state index in [4.69, 9.17) is 0 Å². The first-order valence-electron chi connectivity index (χ1n) is 5.93. The monoisotopic (exact) mass is 310 g/mol. The second-order valence-electron chi connectivity index (χ2n) is 4.00. The summed E-state index contributed by atoms with van der Waals surface area (Å²) in [6, 6.07) is 14.6. The van der Waals surface area contributed by atoms with Crippen LogP contribution in [0.2, 0.25) is 0 Å². The quantitative estimate of drug-likeness (QED) is 0.410. The van der Waals surface area contributed by atoms with Crippen molar-refractivity contribution in [1.29, 1.82) is 0 Å². The van der Waals surface area contributed by atoms with Crippen LogP contribution < -0.4 is 0 Å². The van der Waals surface area contributed by atoms with Crippen LogP contribution in [0.4, 0.5) is 0 Å². The number of carbonyl (C=O) groups excluding carboxylic acids is 2. The number of ether oxygens (including phenoxy) is 1. The summed E-state index contributed by atoms with van der Waals surface area (Å²) < 4.78 is 4.66. The van der Waals surface area contributed by atoms with Crippen molar-refractivity contribution in [2.24, 2.45) is 0 Å². The number of hydrogen-bond acceptors (Lipinski definition) is 4. The molecule has 0 atom stereocenters. The van der Waals surface area contributed by atoms with Crippen molar-refractivity contribution in [2.75, 3.05) is 0 Å². The fourth-order valence-electron chi connectivity index (χ4n) is 1.55. The molecule has 104 valence electrons. The fraction of sp³-hybridized carbons (Fsp3) is 0. The van der Waals surface area contributed by atoms with Gasteiger partial charge in [0.25, 0.3) is 0 Å². The van der Waals surface area contributed by atoms with Gasteiger partial charge in [0.05, 0.1) is 5.56 Å². The molecule has 0 saturated carbocycles. The van der Waals surface area contributed by atoms with Crippen molar-refractivity contribution in [3.8, 4) is 5.75 Å². The second-order valence-corrected chi connectivity index (χ2v) is 4.00. The first-order chi connectivity index (χ1) is 9.65. The Balaban J connectivity index is 0. The van der Waals surface area contributed by atoms with Gasteiger partial charge >= 0.3 is 49.7 Å². The van der Waals surface area contributed by atoms with Crippen molar-refractivity contribution in [1.82, 2.24) is 0 Å². The Hall–Kier alpha value is -1.62. The minimum absolute atomic E-state index is 0. The predicted octanol–water partition coefficient (Wildman–Crippen LogP) is 2.63. The molecule has 0 aliphatic rings. The number of phenols is 1. The standard InChI is InChI=1S/C16H12O4.Ca.2H/c17-14-8-4-5-12(11-14)9-10-15(18)20-16(19)13-6-2-1-3-7-13;;;/h1-11,17H;;;/q;+2;2*-1/b10-9+;;;. The Kier molecular flexibility index (Phi) is 7.15. The van der Waals surface area contributed by atoms with Crippen molar-refractivity contribution in [2.45, 2.75) is 0 Å². The zero-order valence-electron chi connectivity index (χ0n) is 13.2. The van der Waals surface area contributed by atoms with E-state index >= 15 is 0 Å². The van der Waals surface area contributed by atoms with Crippen LogP contribution in [0, 0.1) is 0 Å². The molecule has 0 bridgehead atoms. The van der Waals surface area contributed by atoms with Gasteiger partial charge < -0.3 is 12.7 Å². The van der Waals surface area contributed by atoms with Gasteiger partial charge in [-0.1, -0.05) is 30.3 Å². The normalized spacial score (nSPS) is 9.90. The van der Waals surface area contributed by atoms with E-state index in [-0.39, 0.29) is 46.3 Å². The number of phenolic OH excluding ortho intramolecular Hbond substituents is 1. The van der Waals surface area contributed by atoms with Gasteiger partial charge in [0.15, 0.2) is 0 Å². The van der Waals surface area contributed by atoms with E-state index in [2.05, 4.69) is 4.74 Å². The average molecular weight is 310 g/mol. The zero-order valence-corrected chi connectivity index (χ0v) is 13.4. The summed E-state index contributed by atoms with van der Waals surface area (Å²) >= 11 is 0. The Morgan fingerprint density at radius 3 is 2.43 bits per heavy atom. The van der Waals surface area contributed by atoms with E-state index in [1.54, 1.807) is 42.5 Å². The molecule has 0 spiro atoms. The second kappa shape index (κ2) is 8.62. The van der Waals surface area contributed by atoms with Gasteiger partial charge in [0.2, 0.25) is 0 Å². The average Bonchev–Trinajstić information content (AvgIpc) is 2.46. The Morgan fingerprint density at radius 2 is 1.76 bits per heavy atom. The third kappa shape index (κ3) is 5.71. The number of hydrogen-bond donors (Lipinski definition) is 1. The topological polar surface area (TPSA) is 63.6 Å². The third-order valence-corrected chi connectivity index (χ3v) is 2.48. The van der Waals surface area contributed by atoms with Crippen molar-refractivity contribution in [3.63, 3.8) is 0 Å². The first kappa shape index (κ1) is 17.4. The molecule has 21 heavy (non-hydrogen) atoms. The van der Waals surface area contributed by atoms with Crippen molar-refractivity contribution >= 4 is 55.8 Å². The fourth-order valence-corrected chi connectivity index (χ4v) is 1.55. The van der Waals surface area contributed by atoms with Gasteiger partial charge in [-0.2, -0.15) is 0 Å². The molecule has 0 aromatic heterocycles. The number of esters is 2. The molecular formula is C16H14CaO4. The van der Waals surface area contributed by atoms with Crippen LogP contribution >= 0.6 is 0 Å². The van der Waals surface area contributed by atoms with E-state index in [1.165, 1.54) is 18.2 Å². The summed E-state index contributed by atoms with van der Waals surface area (Å²) in [4.78, 5) is 23.1. The molecule has 2 aromatic rings. The molecule has 0 aliphatic heterocycles. The maximum atomic E-state index is 11.6. The van der Waals surface area contributed by atoms with Crippen LogP contribution in [-0.2, 0) is 9.53 Å². The molecule has 1 N–H and O–H groups in total. The van der Waals surface area contributed by atoms with Crippen LogP contribution in [0.25, 0.3) is 6.08 Å². The summed E-state index contributed by atoms with van der Waals surface area (Å²) in [5, 5.41) is 9.27. The molecule has 0 amide bonds. The van der Waals surface area contributed by atoms with Gasteiger partial charge in [-0.15, -0.1) is 0 Å². The Bertz CT molecular complexity index is 660. The molecular weight excluding hydrogens is 296 g/mol. The number of benzene rings is 2. The largest absolute Gasteiger partial charge is 2.00 e. The van der Waals surface area contributed by atoms with Crippen LogP contribution in [0.15, 0.2) is 60.7 Å². The zero-order chi connectivity index (χ0) is 14.4. The van der Waals surface area contributed by atoms with Gasteiger partial charge in [0, 0.05) is 6.08 Å². The summed E-state index contributed by atoms with van der Waals surface area (Å²) in [6.45, 7) is 0. The van der Waals surface area contributed by atoms with E-state index < -0.39 is 11.9 Å². The molecule has 0 aliphatic carbocycles. The molecule has 0 saturated heterocycles. The summed E-state index contributed by atoms with van der Waals surface area (Å²) in [6.07, 6.45) is 2.59. The minimum atomic E-state index is -0.762. The van der Waals surface area contributed by atoms with E-state index in [9.17, 15) is 14.7 Å². The molecule has 2 aromatic carbocycles. The van der Waals surface area contributed by atoms with E-state index in [1.807, 2.05) is 0 Å². The summed E-state index contributed by atoms with van der Waals surface area (Å²) in [7, 11) is 0. The van der Waals surface area contributed by atoms with Gasteiger partial charge in [-0.05, 0) is 35.9 Å². The molecule has 0 radical (unpaired) electrons. The smallest absolute Gasteiger partial charge is 1.00 e. The predicted molar refractivity (Wildman–Crippen MR) is 82.0 cm³/mol. The molecule has 4 nitrogen and oxygen atoms in total. The van der Waals surface area contributed by atoms with Crippen molar-refractivity contribution < 1.29 is 22.3 Å². The van der Waals surface area contributed by atoms with Crippen molar-refractivity contribution in [3.05, 3.63) is 71.8 Å². The first-order valence-corrected chi connectivity index (χ1v) is 5.93. The Morgan fingerprint density at radius 1 is 1.05 bits per heavy atom. The minimum Gasteiger partial charge on any atom is -1.00 e. The van der Waals surface area contributed by atoms with Crippen LogP contribution in [0.3, 0.4) is 0 Å². The maximum absolute atomic E-state index is 11.6. The number of rotatable bonds is 3. The molecule has 2 rings (SSSR count). The number of aromatic hydroxyl groups is 1. The summed E-state index contributed by atoms with van der Waals surface area (Å²) in [5.41, 5.74) is 0.945. The van der Waals surface area contributed by atoms with Gasteiger partial charge in [0.1, 0.15) is 5.75 Å². The van der Waals surface area contributed by atoms with Gasteiger partial charge in [-0.25, -0.2) is 9.59 Å². The van der Waals surface area contributed by atoms with E-state index in [0.29, 0.717) is 11.1 Å². The molecule has 0 heterocycles. The molecule has 0 fully saturated rings. The van der Waals surface area contributed by atoms with Crippen LogP contribution in [0.1, 0.15) is 18.8 Å². The third-order valence-electron chi connectivity index (χ3n) is 2.48. The maximum Gasteiger partial charge on any atom is 2.00 e.